The third-order valence-corrected chi connectivity index (χ3v) is 3.30. The van der Waals surface area contributed by atoms with Crippen molar-refractivity contribution in [3.63, 3.8) is 0 Å². The van der Waals surface area contributed by atoms with Crippen molar-refractivity contribution in [1.82, 2.24) is 5.32 Å². The first-order valence-corrected chi connectivity index (χ1v) is 8.48. The average Bonchev–Trinajstić information content (AvgIpc) is 2.49. The van der Waals surface area contributed by atoms with Crippen molar-refractivity contribution in [2.75, 3.05) is 26.8 Å². The molecule has 0 amide bonds. The molecule has 5 N–H and O–H groups in total. The molecule has 22 heavy (non-hydrogen) atoms. The highest BCUT2D eigenvalue weighted by Gasteiger charge is 2.10. The van der Waals surface area contributed by atoms with Gasteiger partial charge < -0.3 is 25.3 Å². The summed E-state index contributed by atoms with van der Waals surface area (Å²) in [6.07, 6.45) is 0.509. The van der Waals surface area contributed by atoms with Crippen molar-refractivity contribution in [3.05, 3.63) is 46.8 Å². The average molecular weight is 330 g/mol. The number of para-hydroxylation sites is 1. The van der Waals surface area contributed by atoms with Crippen LogP contribution < -0.4 is 16.7 Å². The maximum absolute atomic E-state index is 10.7. The molecule has 0 spiro atoms. The summed E-state index contributed by atoms with van der Waals surface area (Å²) in [5.74, 6) is 0. The second-order valence-corrected chi connectivity index (χ2v) is 5.91. The number of nitrogens with one attached hydrogen (secondary N) is 1. The van der Waals surface area contributed by atoms with Crippen molar-refractivity contribution in [1.29, 1.82) is 0 Å². The Labute approximate surface area is 129 Å². The van der Waals surface area contributed by atoms with Crippen LogP contribution in [0.25, 0.3) is 11.0 Å². The number of benzene rings is 1. The van der Waals surface area contributed by atoms with Gasteiger partial charge in [0.25, 0.3) is 0 Å². The molecule has 0 atom stereocenters. The Morgan fingerprint density at radius 1 is 1.18 bits per heavy atom. The van der Waals surface area contributed by atoms with Crippen molar-refractivity contribution in [2.24, 2.45) is 5.73 Å². The highest BCUT2D eigenvalue weighted by atomic mass is 31.2. The van der Waals surface area contributed by atoms with Crippen LogP contribution in [0.2, 0.25) is 0 Å². The first-order valence-electron chi connectivity index (χ1n) is 6.68. The normalized spacial score (nSPS) is 10.2. The summed E-state index contributed by atoms with van der Waals surface area (Å²) in [5, 5.41) is 3.75. The minimum absolute atomic E-state index is 0.0200. The zero-order chi connectivity index (χ0) is 17.0. The van der Waals surface area contributed by atoms with Crippen LogP contribution in [0.5, 0.6) is 0 Å². The second kappa shape index (κ2) is 11.1. The highest BCUT2D eigenvalue weighted by Crippen LogP contribution is 2.34. The third kappa shape index (κ3) is 9.44. The molecule has 0 radical (unpaired) electrons. The van der Waals surface area contributed by atoms with E-state index in [1.54, 1.807) is 19.2 Å². The summed E-state index contributed by atoms with van der Waals surface area (Å²) in [4.78, 5) is 27.4. The van der Waals surface area contributed by atoms with Crippen molar-refractivity contribution < 1.29 is 18.8 Å². The van der Waals surface area contributed by atoms with E-state index in [1.165, 1.54) is 13.1 Å². The zero-order valence-corrected chi connectivity index (χ0v) is 13.6. The van der Waals surface area contributed by atoms with Crippen molar-refractivity contribution in [2.45, 2.75) is 6.42 Å². The molecule has 124 valence electrons. The molecule has 1 aromatic heterocycles. The lowest BCUT2D eigenvalue weighted by atomic mass is 10.2. The lowest BCUT2D eigenvalue weighted by molar-refractivity contribution is 0.371. The van der Waals surface area contributed by atoms with E-state index >= 15 is 0 Å². The standard InChI is InChI=1S/C9H6O2.C4H12NO3P.CH5N/c10-9-6-5-7-3-1-2-4-8(7)11-9;1-5-3-2-4-9(6,7)8;1-2/h1-6H;5H,2-4H2,1H3,(H2,6,7,8);2H2,1H3. The molecule has 1 heterocycles. The number of fused-ring (bicyclic) bond motifs is 1. The number of hydrogen-bond donors (Lipinski definition) is 4. The molecule has 0 aliphatic heterocycles. The monoisotopic (exact) mass is 330 g/mol. The molecule has 0 aliphatic carbocycles. The molecule has 0 fully saturated rings. The van der Waals surface area contributed by atoms with Gasteiger partial charge in [-0.1, -0.05) is 18.2 Å². The van der Waals surface area contributed by atoms with Crippen LogP contribution >= 0.6 is 7.60 Å². The third-order valence-electron chi connectivity index (χ3n) is 2.40. The van der Waals surface area contributed by atoms with E-state index in [2.05, 4.69) is 11.1 Å². The van der Waals surface area contributed by atoms with E-state index in [4.69, 9.17) is 14.2 Å². The van der Waals surface area contributed by atoms with Crippen LogP contribution in [0.3, 0.4) is 0 Å². The Kier molecular flexibility index (Phi) is 10.4. The largest absolute Gasteiger partial charge is 0.423 e. The van der Waals surface area contributed by atoms with Gasteiger partial charge in [-0.05, 0) is 39.2 Å². The van der Waals surface area contributed by atoms with Gasteiger partial charge in [0.05, 0.1) is 6.16 Å². The predicted molar refractivity (Wildman–Crippen MR) is 88.1 cm³/mol. The van der Waals surface area contributed by atoms with Gasteiger partial charge in [0.2, 0.25) is 0 Å². The van der Waals surface area contributed by atoms with Crippen molar-refractivity contribution >= 4 is 18.6 Å². The van der Waals surface area contributed by atoms with Crippen LogP contribution in [0.15, 0.2) is 45.6 Å². The van der Waals surface area contributed by atoms with Gasteiger partial charge in [-0.25, -0.2) is 4.79 Å². The summed E-state index contributed by atoms with van der Waals surface area (Å²) in [6, 6.07) is 10.6. The van der Waals surface area contributed by atoms with Crippen LogP contribution in [-0.4, -0.2) is 36.6 Å². The molecular weight excluding hydrogens is 307 g/mol. The lowest BCUT2D eigenvalue weighted by Gasteiger charge is -2.01. The van der Waals surface area contributed by atoms with Gasteiger partial charge in [-0.15, -0.1) is 0 Å². The fraction of sp³-hybridized carbons (Fsp3) is 0.357. The minimum atomic E-state index is -3.74. The zero-order valence-electron chi connectivity index (χ0n) is 12.7. The molecule has 8 heteroatoms. The van der Waals surface area contributed by atoms with E-state index in [0.717, 1.165) is 5.39 Å². The Morgan fingerprint density at radius 2 is 1.82 bits per heavy atom. The maximum atomic E-state index is 10.7. The molecule has 0 aliphatic rings. The van der Waals surface area contributed by atoms with Crippen molar-refractivity contribution in [3.8, 4) is 0 Å². The Hall–Kier alpha value is -1.50. The number of hydrogen-bond acceptors (Lipinski definition) is 5. The van der Waals surface area contributed by atoms with E-state index in [1.807, 2.05) is 18.2 Å². The molecule has 7 nitrogen and oxygen atoms in total. The predicted octanol–water partition coefficient (Wildman–Crippen LogP) is 1.14. The van der Waals surface area contributed by atoms with E-state index in [-0.39, 0.29) is 11.8 Å². The van der Waals surface area contributed by atoms with Crippen LogP contribution in [0, 0.1) is 0 Å². The van der Waals surface area contributed by atoms with Crippen LogP contribution in [-0.2, 0) is 4.57 Å². The molecule has 0 bridgehead atoms. The SMILES string of the molecule is CN.CNCCCP(=O)(O)O.O=c1ccc2ccccc2o1. The smallest absolute Gasteiger partial charge is 0.336 e. The summed E-state index contributed by atoms with van der Waals surface area (Å²) in [5.41, 5.74) is 4.84. The highest BCUT2D eigenvalue weighted by molar-refractivity contribution is 7.51. The van der Waals surface area contributed by atoms with Gasteiger partial charge in [-0.2, -0.15) is 0 Å². The van der Waals surface area contributed by atoms with E-state index < -0.39 is 7.60 Å². The quantitative estimate of drug-likeness (QED) is 0.376. The Bertz CT molecular complexity index is 638. The Balaban J connectivity index is 0.000000369. The molecular formula is C14H23N2O5P. The maximum Gasteiger partial charge on any atom is 0.336 e. The number of rotatable bonds is 4. The molecule has 0 saturated heterocycles. The first-order chi connectivity index (χ1) is 10.4. The summed E-state index contributed by atoms with van der Waals surface area (Å²) in [7, 11) is -0.486. The molecule has 0 unspecified atom stereocenters. The summed E-state index contributed by atoms with van der Waals surface area (Å²) >= 11 is 0. The van der Waals surface area contributed by atoms with Gasteiger partial charge in [-0.3, -0.25) is 4.57 Å². The van der Waals surface area contributed by atoms with Gasteiger partial charge in [0.1, 0.15) is 5.58 Å². The van der Waals surface area contributed by atoms with Crippen LogP contribution in [0.4, 0.5) is 0 Å². The van der Waals surface area contributed by atoms with Crippen LogP contribution in [0.1, 0.15) is 6.42 Å². The summed E-state index contributed by atoms with van der Waals surface area (Å²) < 4.78 is 15.1. The topological polar surface area (TPSA) is 126 Å². The van der Waals surface area contributed by atoms with E-state index in [0.29, 0.717) is 18.5 Å². The fourth-order valence-electron chi connectivity index (χ4n) is 1.47. The second-order valence-electron chi connectivity index (χ2n) is 4.14. The molecule has 1 aromatic carbocycles. The van der Waals surface area contributed by atoms with E-state index in [9.17, 15) is 9.36 Å². The minimum Gasteiger partial charge on any atom is -0.423 e. The molecule has 2 aromatic rings. The Morgan fingerprint density at radius 3 is 2.41 bits per heavy atom. The fourth-order valence-corrected chi connectivity index (χ4v) is 2.04. The first kappa shape index (κ1) is 20.5. The molecule has 2 rings (SSSR count). The molecule has 0 saturated carbocycles. The number of nitrogens with two attached hydrogens (primary N) is 1. The van der Waals surface area contributed by atoms with Gasteiger partial charge in [0.15, 0.2) is 0 Å². The lowest BCUT2D eigenvalue weighted by Crippen LogP contribution is -2.09. The van der Waals surface area contributed by atoms with Gasteiger partial charge in [0, 0.05) is 11.5 Å². The summed E-state index contributed by atoms with van der Waals surface area (Å²) in [6.45, 7) is 0.658. The van der Waals surface area contributed by atoms with Gasteiger partial charge >= 0.3 is 13.2 Å².